The normalized spacial score (nSPS) is 19.7. The first kappa shape index (κ1) is 26.3. The van der Waals surface area contributed by atoms with E-state index in [1.807, 2.05) is 16.8 Å². The number of carbonyl (C=O) groups excluding carboxylic acids is 1. The molecule has 0 saturated heterocycles. The van der Waals surface area contributed by atoms with Crippen molar-refractivity contribution in [2.45, 2.75) is 57.4 Å². The van der Waals surface area contributed by atoms with Crippen molar-refractivity contribution in [3.8, 4) is 12.1 Å². The van der Waals surface area contributed by atoms with E-state index in [1.54, 1.807) is 21.2 Å². The Bertz CT molecular complexity index is 1560. The lowest BCUT2D eigenvalue weighted by atomic mass is 9.72. The fourth-order valence-corrected chi connectivity index (χ4v) is 6.48. The number of halogens is 1. The van der Waals surface area contributed by atoms with E-state index in [2.05, 4.69) is 16.1 Å². The second-order valence-electron chi connectivity index (χ2n) is 10.8. The zero-order valence-corrected chi connectivity index (χ0v) is 23.6. The number of carbonyl (C=O) groups is 1. The van der Waals surface area contributed by atoms with Crippen LogP contribution in [0.1, 0.15) is 63.4 Å². The molecule has 3 aromatic rings. The maximum absolute atomic E-state index is 12.7. The molecule has 0 saturated carbocycles. The summed E-state index contributed by atoms with van der Waals surface area (Å²) in [7, 11) is 4.92. The summed E-state index contributed by atoms with van der Waals surface area (Å²) in [6.07, 6.45) is 3.84. The van der Waals surface area contributed by atoms with Crippen molar-refractivity contribution < 1.29 is 14.3 Å². The van der Waals surface area contributed by atoms with Crippen LogP contribution in [0.4, 0.5) is 11.5 Å². The van der Waals surface area contributed by atoms with Crippen molar-refractivity contribution in [2.75, 3.05) is 38.4 Å². The van der Waals surface area contributed by atoms with Gasteiger partial charge in [0.15, 0.2) is 5.69 Å². The predicted octanol–water partition coefficient (Wildman–Crippen LogP) is 3.21. The van der Waals surface area contributed by atoms with Gasteiger partial charge in [-0.05, 0) is 37.3 Å². The average molecular weight is 563 g/mol. The summed E-state index contributed by atoms with van der Waals surface area (Å²) >= 11 is 6.72. The van der Waals surface area contributed by atoms with E-state index in [9.17, 15) is 10.1 Å². The molecule has 0 bridgehead atoms. The number of nitriles is 1. The molecular formula is C28H31ClN8O3. The van der Waals surface area contributed by atoms with Gasteiger partial charge in [0, 0.05) is 50.4 Å². The number of nitrogens with zero attached hydrogens (tertiary/aromatic N) is 7. The first-order chi connectivity index (χ1) is 19.3. The van der Waals surface area contributed by atoms with E-state index in [4.69, 9.17) is 36.8 Å². The van der Waals surface area contributed by atoms with Crippen molar-refractivity contribution in [1.29, 1.82) is 5.26 Å². The summed E-state index contributed by atoms with van der Waals surface area (Å²) in [5.41, 5.74) is 11.2. The summed E-state index contributed by atoms with van der Waals surface area (Å²) in [5.74, 6) is 0.481. The third-order valence-electron chi connectivity index (χ3n) is 8.14. The molecule has 2 aliphatic heterocycles. The fourth-order valence-electron chi connectivity index (χ4n) is 6.21. The van der Waals surface area contributed by atoms with Gasteiger partial charge in [-0.2, -0.15) is 20.3 Å². The quantitative estimate of drug-likeness (QED) is 0.477. The highest BCUT2D eigenvalue weighted by atomic mass is 35.5. The Labute approximate surface area is 237 Å². The number of hydrogen-bond donors (Lipinski definition) is 1. The first-order valence-electron chi connectivity index (χ1n) is 13.4. The predicted molar refractivity (Wildman–Crippen MR) is 148 cm³/mol. The SMILES string of the molecule is COc1nc2c(c(N3CCCn4nc(C(=O)N(C)C)c(Cl)c4C3)n1)CO[C@@]1(CCCc3ccc(N)c(C#N)c31)C2. The molecule has 12 heteroatoms. The molecule has 40 heavy (non-hydrogen) atoms. The number of nitrogen functional groups attached to an aromatic ring is 1. The van der Waals surface area contributed by atoms with E-state index < -0.39 is 5.60 Å². The minimum atomic E-state index is -0.695. The van der Waals surface area contributed by atoms with Gasteiger partial charge in [-0.1, -0.05) is 17.7 Å². The molecule has 3 aliphatic rings. The third kappa shape index (κ3) is 4.14. The van der Waals surface area contributed by atoms with Gasteiger partial charge in [-0.25, -0.2) is 0 Å². The molecule has 2 aromatic heterocycles. The number of benzene rings is 1. The van der Waals surface area contributed by atoms with Crippen LogP contribution in [0.2, 0.25) is 5.02 Å². The van der Waals surface area contributed by atoms with Gasteiger partial charge in [0.1, 0.15) is 17.5 Å². The van der Waals surface area contributed by atoms with Gasteiger partial charge < -0.3 is 25.0 Å². The topological polar surface area (TPSA) is 135 Å². The van der Waals surface area contributed by atoms with Crippen LogP contribution >= 0.6 is 11.6 Å². The number of fused-ring (bicyclic) bond motifs is 4. The van der Waals surface area contributed by atoms with Crippen LogP contribution in [0.15, 0.2) is 12.1 Å². The summed E-state index contributed by atoms with van der Waals surface area (Å²) in [6.45, 7) is 2.03. The van der Waals surface area contributed by atoms with Gasteiger partial charge in [0.2, 0.25) is 0 Å². The largest absolute Gasteiger partial charge is 0.467 e. The lowest BCUT2D eigenvalue weighted by Crippen LogP contribution is -2.41. The number of aromatic nitrogens is 4. The summed E-state index contributed by atoms with van der Waals surface area (Å²) < 4.78 is 14.1. The number of hydrogen-bond acceptors (Lipinski definition) is 9. The second-order valence-corrected chi connectivity index (χ2v) is 11.1. The van der Waals surface area contributed by atoms with Crippen LogP contribution in [-0.2, 0) is 42.9 Å². The Hall–Kier alpha value is -3.88. The lowest BCUT2D eigenvalue weighted by molar-refractivity contribution is -0.0856. The zero-order chi connectivity index (χ0) is 28.2. The maximum Gasteiger partial charge on any atom is 0.318 e. The van der Waals surface area contributed by atoms with E-state index in [0.29, 0.717) is 48.1 Å². The number of anilines is 2. The molecule has 1 aromatic carbocycles. The van der Waals surface area contributed by atoms with Gasteiger partial charge >= 0.3 is 6.01 Å². The molecule has 1 aliphatic carbocycles. The van der Waals surface area contributed by atoms with E-state index in [-0.39, 0.29) is 24.2 Å². The molecule has 2 N–H and O–H groups in total. The highest BCUT2D eigenvalue weighted by Gasteiger charge is 2.45. The number of amides is 1. The Morgan fingerprint density at radius 3 is 2.85 bits per heavy atom. The van der Waals surface area contributed by atoms with Crippen LogP contribution in [0.3, 0.4) is 0 Å². The fraction of sp³-hybridized carbons (Fsp3) is 0.464. The Balaban J connectivity index is 1.41. The highest BCUT2D eigenvalue weighted by Crippen LogP contribution is 2.48. The number of aryl methyl sites for hydroxylation is 2. The van der Waals surface area contributed by atoms with E-state index in [1.165, 1.54) is 4.90 Å². The lowest BCUT2D eigenvalue weighted by Gasteiger charge is -2.43. The number of methoxy groups -OCH3 is 1. The minimum Gasteiger partial charge on any atom is -0.467 e. The summed E-state index contributed by atoms with van der Waals surface area (Å²) in [4.78, 5) is 25.8. The van der Waals surface area contributed by atoms with Crippen molar-refractivity contribution in [3.63, 3.8) is 0 Å². The Morgan fingerprint density at radius 2 is 2.10 bits per heavy atom. The molecule has 1 spiro atoms. The molecule has 0 unspecified atom stereocenters. The van der Waals surface area contributed by atoms with E-state index >= 15 is 0 Å². The van der Waals surface area contributed by atoms with E-state index in [0.717, 1.165) is 53.8 Å². The Kier molecular flexibility index (Phi) is 6.55. The number of nitrogens with two attached hydrogens (primary N) is 1. The first-order valence-corrected chi connectivity index (χ1v) is 13.8. The van der Waals surface area contributed by atoms with Crippen LogP contribution in [0.5, 0.6) is 6.01 Å². The molecule has 6 rings (SSSR count). The second kappa shape index (κ2) is 9.94. The van der Waals surface area contributed by atoms with Crippen molar-refractivity contribution in [2.24, 2.45) is 0 Å². The molecule has 11 nitrogen and oxygen atoms in total. The van der Waals surface area contributed by atoms with Crippen molar-refractivity contribution in [1.82, 2.24) is 24.6 Å². The average Bonchev–Trinajstić information content (AvgIpc) is 3.11. The van der Waals surface area contributed by atoms with Crippen molar-refractivity contribution >= 4 is 29.0 Å². The minimum absolute atomic E-state index is 0.234. The van der Waals surface area contributed by atoms with Gasteiger partial charge in [-0.15, -0.1) is 0 Å². The molecule has 208 valence electrons. The molecule has 0 radical (unpaired) electrons. The molecule has 4 heterocycles. The van der Waals surface area contributed by atoms with Crippen LogP contribution in [0, 0.1) is 11.3 Å². The van der Waals surface area contributed by atoms with Crippen molar-refractivity contribution in [3.05, 3.63) is 56.5 Å². The monoisotopic (exact) mass is 562 g/mol. The molecule has 0 fully saturated rings. The standard InChI is InChI=1S/C28H31ClN8O3/c1-35(2)26(38)24-23(29)21-14-36(10-5-11-37(21)34-24)25-18-15-40-28(12-20(18)32-27(33-25)39-3)9-4-6-16-7-8-19(31)17(13-30)22(16)28/h7-8H,4-6,9-12,14-15,31H2,1-3H3/t28-/m0/s1. The summed E-state index contributed by atoms with van der Waals surface area (Å²) in [6, 6.07) is 6.41. The third-order valence-corrected chi connectivity index (χ3v) is 8.53. The molecular weight excluding hydrogens is 532 g/mol. The maximum atomic E-state index is 12.7. The molecule has 1 atom stereocenters. The van der Waals surface area contributed by atoms with Gasteiger partial charge in [0.25, 0.3) is 5.91 Å². The molecule has 1 amide bonds. The highest BCUT2D eigenvalue weighted by molar-refractivity contribution is 6.34. The number of rotatable bonds is 3. The van der Waals surface area contributed by atoms with Crippen LogP contribution < -0.4 is 15.4 Å². The van der Waals surface area contributed by atoms with Gasteiger partial charge in [-0.3, -0.25) is 9.48 Å². The number of ether oxygens (including phenoxy) is 2. The van der Waals surface area contributed by atoms with Gasteiger partial charge in [0.05, 0.1) is 42.2 Å². The smallest absolute Gasteiger partial charge is 0.318 e. The summed E-state index contributed by atoms with van der Waals surface area (Å²) in [5, 5.41) is 14.9. The van der Waals surface area contributed by atoms with Crippen LogP contribution in [0.25, 0.3) is 0 Å². The zero-order valence-electron chi connectivity index (χ0n) is 22.8. The Morgan fingerprint density at radius 1 is 1.27 bits per heavy atom. The van der Waals surface area contributed by atoms with Crippen LogP contribution in [-0.4, -0.2) is 58.3 Å².